The third-order valence-corrected chi connectivity index (χ3v) is 4.04. The number of nitrogens with one attached hydrogen (secondary N) is 1. The Morgan fingerprint density at radius 2 is 2.24 bits per heavy atom. The Morgan fingerprint density at radius 3 is 2.95 bits per heavy atom. The zero-order valence-corrected chi connectivity index (χ0v) is 13.6. The van der Waals surface area contributed by atoms with Crippen molar-refractivity contribution in [1.29, 1.82) is 0 Å². The van der Waals surface area contributed by atoms with Crippen molar-refractivity contribution in [3.63, 3.8) is 0 Å². The van der Waals surface area contributed by atoms with Gasteiger partial charge < -0.3 is 10.1 Å². The number of esters is 1. The number of amides is 1. The Kier molecular flexibility index (Phi) is 5.76. The number of methoxy groups -OCH3 is 1. The Bertz CT molecular complexity index is 521. The Balaban J connectivity index is 1.95. The van der Waals surface area contributed by atoms with E-state index in [2.05, 4.69) is 21.2 Å². The van der Waals surface area contributed by atoms with Crippen LogP contribution in [0.5, 0.6) is 0 Å². The van der Waals surface area contributed by atoms with Gasteiger partial charge in [-0.2, -0.15) is 0 Å². The van der Waals surface area contributed by atoms with Gasteiger partial charge in [0.2, 0.25) is 5.91 Å². The molecule has 2 rings (SSSR count). The molecule has 114 valence electrons. The van der Waals surface area contributed by atoms with Crippen LogP contribution in [0, 0.1) is 0 Å². The predicted molar refractivity (Wildman–Crippen MR) is 84.0 cm³/mol. The van der Waals surface area contributed by atoms with Crippen molar-refractivity contribution in [1.82, 2.24) is 4.90 Å². The maximum Gasteiger partial charge on any atom is 0.323 e. The molecule has 1 N–H and O–H groups in total. The second-order valence-electron chi connectivity index (χ2n) is 5.06. The van der Waals surface area contributed by atoms with Crippen LogP contribution in [0.3, 0.4) is 0 Å². The summed E-state index contributed by atoms with van der Waals surface area (Å²) >= 11 is 3.37. The fourth-order valence-electron chi connectivity index (χ4n) is 2.53. The molecule has 1 aromatic carbocycles. The lowest BCUT2D eigenvalue weighted by Gasteiger charge is -2.32. The van der Waals surface area contributed by atoms with Gasteiger partial charge in [-0.05, 0) is 37.6 Å². The molecule has 1 atom stereocenters. The number of hydrogen-bond donors (Lipinski definition) is 1. The van der Waals surface area contributed by atoms with Gasteiger partial charge in [0, 0.05) is 10.2 Å². The molecule has 1 fully saturated rings. The van der Waals surface area contributed by atoms with Crippen molar-refractivity contribution in [3.8, 4) is 0 Å². The molecule has 1 amide bonds. The number of halogens is 1. The van der Waals surface area contributed by atoms with E-state index >= 15 is 0 Å². The molecular weight excluding hydrogens is 336 g/mol. The largest absolute Gasteiger partial charge is 0.468 e. The number of anilines is 1. The predicted octanol–water partition coefficient (Wildman–Crippen LogP) is 2.42. The summed E-state index contributed by atoms with van der Waals surface area (Å²) < 4.78 is 5.73. The minimum absolute atomic E-state index is 0.121. The number of rotatable bonds is 4. The average Bonchev–Trinajstić information content (AvgIpc) is 2.47. The van der Waals surface area contributed by atoms with Crippen molar-refractivity contribution in [2.45, 2.75) is 25.3 Å². The molecule has 6 heteroatoms. The first-order chi connectivity index (χ1) is 10.1. The second kappa shape index (κ2) is 7.56. The molecule has 1 aliphatic heterocycles. The number of likely N-dealkylation sites (tertiary alicyclic amines) is 1. The molecule has 1 aromatic rings. The minimum Gasteiger partial charge on any atom is -0.468 e. The van der Waals surface area contributed by atoms with E-state index in [0.29, 0.717) is 0 Å². The second-order valence-corrected chi connectivity index (χ2v) is 5.98. The van der Waals surface area contributed by atoms with E-state index in [1.807, 2.05) is 29.2 Å². The Hall–Kier alpha value is -1.40. The van der Waals surface area contributed by atoms with Gasteiger partial charge in [0.25, 0.3) is 0 Å². The van der Waals surface area contributed by atoms with Gasteiger partial charge in [0.1, 0.15) is 6.04 Å². The number of ether oxygens (including phenoxy) is 1. The molecule has 1 saturated heterocycles. The van der Waals surface area contributed by atoms with Crippen LogP contribution in [0.2, 0.25) is 0 Å². The van der Waals surface area contributed by atoms with Crippen LogP contribution >= 0.6 is 15.9 Å². The van der Waals surface area contributed by atoms with E-state index < -0.39 is 0 Å². The van der Waals surface area contributed by atoms with E-state index in [-0.39, 0.29) is 24.5 Å². The lowest BCUT2D eigenvalue weighted by atomic mass is 10.0. The van der Waals surface area contributed by atoms with Gasteiger partial charge in [0.05, 0.1) is 13.7 Å². The Morgan fingerprint density at radius 1 is 1.43 bits per heavy atom. The van der Waals surface area contributed by atoms with Gasteiger partial charge in [-0.25, -0.2) is 0 Å². The highest BCUT2D eigenvalue weighted by molar-refractivity contribution is 9.10. The molecule has 0 bridgehead atoms. The summed E-state index contributed by atoms with van der Waals surface area (Å²) in [5.41, 5.74) is 0.737. The molecule has 5 nitrogen and oxygen atoms in total. The zero-order valence-electron chi connectivity index (χ0n) is 12.0. The van der Waals surface area contributed by atoms with Crippen molar-refractivity contribution < 1.29 is 14.3 Å². The smallest absolute Gasteiger partial charge is 0.323 e. The maximum absolute atomic E-state index is 12.1. The standard InChI is InChI=1S/C15H19BrN2O3/c1-21-15(20)13-7-2-3-8-18(13)10-14(19)17-12-6-4-5-11(16)9-12/h4-6,9,13H,2-3,7-8,10H2,1H3,(H,17,19)/t13-/m1/s1. The number of carbonyl (C=O) groups excluding carboxylic acids is 2. The molecule has 21 heavy (non-hydrogen) atoms. The van der Waals surface area contributed by atoms with Crippen LogP contribution in [0.25, 0.3) is 0 Å². The van der Waals surface area contributed by atoms with E-state index in [4.69, 9.17) is 4.74 Å². The van der Waals surface area contributed by atoms with Crippen LogP contribution < -0.4 is 5.32 Å². The lowest BCUT2D eigenvalue weighted by molar-refractivity contribution is -0.148. The molecule has 0 aliphatic carbocycles. The van der Waals surface area contributed by atoms with E-state index in [1.54, 1.807) is 0 Å². The van der Waals surface area contributed by atoms with E-state index in [1.165, 1.54) is 7.11 Å². The molecule has 0 spiro atoms. The third-order valence-electron chi connectivity index (χ3n) is 3.54. The van der Waals surface area contributed by atoms with Crippen LogP contribution in [-0.2, 0) is 14.3 Å². The normalized spacial score (nSPS) is 19.0. The first-order valence-corrected chi connectivity index (χ1v) is 7.77. The number of piperidine rings is 1. The fraction of sp³-hybridized carbons (Fsp3) is 0.467. The fourth-order valence-corrected chi connectivity index (χ4v) is 2.93. The molecule has 0 aromatic heterocycles. The quantitative estimate of drug-likeness (QED) is 0.843. The summed E-state index contributed by atoms with van der Waals surface area (Å²) in [7, 11) is 1.39. The monoisotopic (exact) mass is 354 g/mol. The van der Waals surface area contributed by atoms with Gasteiger partial charge in [-0.1, -0.05) is 28.4 Å². The lowest BCUT2D eigenvalue weighted by Crippen LogP contribution is -2.48. The summed E-state index contributed by atoms with van der Waals surface area (Å²) in [6.45, 7) is 0.942. The number of carbonyl (C=O) groups is 2. The highest BCUT2D eigenvalue weighted by Gasteiger charge is 2.30. The van der Waals surface area contributed by atoms with Gasteiger partial charge in [-0.15, -0.1) is 0 Å². The first kappa shape index (κ1) is 16.0. The third kappa shape index (κ3) is 4.54. The molecule has 0 saturated carbocycles. The van der Waals surface area contributed by atoms with Crippen molar-refractivity contribution in [2.75, 3.05) is 25.5 Å². The molecule has 0 radical (unpaired) electrons. The topological polar surface area (TPSA) is 58.6 Å². The molecular formula is C15H19BrN2O3. The van der Waals surface area contributed by atoms with Crippen molar-refractivity contribution >= 4 is 33.5 Å². The van der Waals surface area contributed by atoms with E-state index in [9.17, 15) is 9.59 Å². The summed E-state index contributed by atoms with van der Waals surface area (Å²) in [4.78, 5) is 25.8. The molecule has 1 aliphatic rings. The summed E-state index contributed by atoms with van der Waals surface area (Å²) in [5, 5.41) is 2.84. The zero-order chi connectivity index (χ0) is 15.2. The Labute approximate surface area is 132 Å². The van der Waals surface area contributed by atoms with Gasteiger partial charge in [0.15, 0.2) is 0 Å². The van der Waals surface area contributed by atoms with Crippen LogP contribution in [-0.4, -0.2) is 43.0 Å². The van der Waals surface area contributed by atoms with Crippen LogP contribution in [0.4, 0.5) is 5.69 Å². The van der Waals surface area contributed by atoms with Crippen LogP contribution in [0.1, 0.15) is 19.3 Å². The highest BCUT2D eigenvalue weighted by atomic mass is 79.9. The average molecular weight is 355 g/mol. The first-order valence-electron chi connectivity index (χ1n) is 6.97. The summed E-state index contributed by atoms with van der Waals surface area (Å²) in [6.07, 6.45) is 2.73. The highest BCUT2D eigenvalue weighted by Crippen LogP contribution is 2.19. The molecule has 0 unspecified atom stereocenters. The minimum atomic E-state index is -0.308. The van der Waals surface area contributed by atoms with Crippen molar-refractivity contribution in [2.24, 2.45) is 0 Å². The summed E-state index contributed by atoms with van der Waals surface area (Å²) in [5.74, 6) is -0.381. The van der Waals surface area contributed by atoms with Crippen LogP contribution in [0.15, 0.2) is 28.7 Å². The maximum atomic E-state index is 12.1. The molecule has 1 heterocycles. The summed E-state index contributed by atoms with van der Waals surface area (Å²) in [6, 6.07) is 7.12. The van der Waals surface area contributed by atoms with Crippen molar-refractivity contribution in [3.05, 3.63) is 28.7 Å². The van der Waals surface area contributed by atoms with Gasteiger partial charge >= 0.3 is 5.97 Å². The SMILES string of the molecule is COC(=O)[C@H]1CCCCN1CC(=O)Nc1cccc(Br)c1. The number of benzene rings is 1. The number of nitrogens with zero attached hydrogens (tertiary/aromatic N) is 1. The van der Waals surface area contributed by atoms with E-state index in [0.717, 1.165) is 36.0 Å². The van der Waals surface area contributed by atoms with Gasteiger partial charge in [-0.3, -0.25) is 14.5 Å². The number of hydrogen-bond acceptors (Lipinski definition) is 4.